The summed E-state index contributed by atoms with van der Waals surface area (Å²) in [6, 6.07) is 15.8. The van der Waals surface area contributed by atoms with Crippen molar-refractivity contribution in [1.82, 2.24) is 19.8 Å². The van der Waals surface area contributed by atoms with Crippen LogP contribution in [0.3, 0.4) is 0 Å². The Morgan fingerprint density at radius 1 is 0.957 bits per heavy atom. The summed E-state index contributed by atoms with van der Waals surface area (Å²) >= 11 is 0. The van der Waals surface area contributed by atoms with Crippen LogP contribution in [0.5, 0.6) is 5.75 Å². The number of nitrogens with zero attached hydrogens (tertiary/aromatic N) is 4. The lowest BCUT2D eigenvalue weighted by molar-refractivity contribution is 0.415. The molecule has 0 saturated heterocycles. The molecule has 0 spiro atoms. The first-order chi connectivity index (χ1) is 11.3. The van der Waals surface area contributed by atoms with E-state index < -0.39 is 0 Å². The summed E-state index contributed by atoms with van der Waals surface area (Å²) in [6.45, 7) is 0. The fourth-order valence-corrected chi connectivity index (χ4v) is 2.50. The zero-order valence-corrected chi connectivity index (χ0v) is 12.5. The third-order valence-electron chi connectivity index (χ3n) is 3.72. The van der Waals surface area contributed by atoms with Crippen LogP contribution in [0.25, 0.3) is 28.6 Å². The third-order valence-corrected chi connectivity index (χ3v) is 3.72. The second kappa shape index (κ2) is 5.53. The van der Waals surface area contributed by atoms with E-state index in [0.29, 0.717) is 5.82 Å². The number of benzene rings is 2. The van der Waals surface area contributed by atoms with Crippen LogP contribution in [-0.2, 0) is 0 Å². The normalized spacial score (nSPS) is 11.5. The summed E-state index contributed by atoms with van der Waals surface area (Å²) in [5.74, 6) is 1.53. The van der Waals surface area contributed by atoms with Crippen molar-refractivity contribution in [1.29, 1.82) is 0 Å². The number of hydrogen-bond donors (Lipinski definition) is 0. The van der Waals surface area contributed by atoms with Crippen LogP contribution in [0, 0.1) is 0 Å². The van der Waals surface area contributed by atoms with Crippen LogP contribution in [0.1, 0.15) is 11.4 Å². The van der Waals surface area contributed by atoms with Crippen LogP contribution in [0.2, 0.25) is 0 Å². The molecule has 2 aromatic heterocycles. The molecule has 4 aromatic rings. The van der Waals surface area contributed by atoms with E-state index in [9.17, 15) is 0 Å². The number of ether oxygens (including phenoxy) is 1. The smallest absolute Gasteiger partial charge is 0.186 e. The van der Waals surface area contributed by atoms with E-state index in [1.54, 1.807) is 11.6 Å². The highest BCUT2D eigenvalue weighted by Gasteiger charge is 2.07. The maximum atomic E-state index is 5.16. The van der Waals surface area contributed by atoms with Gasteiger partial charge in [0.2, 0.25) is 0 Å². The largest absolute Gasteiger partial charge is 0.497 e. The predicted molar refractivity (Wildman–Crippen MR) is 90.2 cm³/mol. The Hall–Kier alpha value is -3.21. The minimum Gasteiger partial charge on any atom is -0.497 e. The van der Waals surface area contributed by atoms with Gasteiger partial charge in [-0.25, -0.2) is 0 Å². The van der Waals surface area contributed by atoms with Gasteiger partial charge in [-0.2, -0.15) is 9.61 Å². The standard InChI is InChI=1S/C18H14N4O/c1-23-15-9-6-13(7-10-15)8-11-17-20-21-18-16-5-3-2-4-14(16)12-19-22(17)18/h2-12H,1H3/b11-8+. The van der Waals surface area contributed by atoms with Crippen LogP contribution in [0.4, 0.5) is 0 Å². The third kappa shape index (κ3) is 2.42. The molecule has 0 aliphatic carbocycles. The molecule has 23 heavy (non-hydrogen) atoms. The summed E-state index contributed by atoms with van der Waals surface area (Å²) in [5.41, 5.74) is 1.82. The molecule has 0 atom stereocenters. The van der Waals surface area contributed by atoms with Gasteiger partial charge in [0.05, 0.1) is 13.3 Å². The molecule has 0 unspecified atom stereocenters. The summed E-state index contributed by atoms with van der Waals surface area (Å²) in [6.07, 6.45) is 5.72. The number of hydrogen-bond acceptors (Lipinski definition) is 4. The molecular formula is C18H14N4O. The van der Waals surface area contributed by atoms with E-state index in [0.717, 1.165) is 27.7 Å². The van der Waals surface area contributed by atoms with E-state index >= 15 is 0 Å². The Balaban J connectivity index is 1.74. The van der Waals surface area contributed by atoms with Crippen molar-refractivity contribution in [3.8, 4) is 5.75 Å². The Morgan fingerprint density at radius 3 is 2.61 bits per heavy atom. The van der Waals surface area contributed by atoms with Crippen LogP contribution in [0.15, 0.2) is 54.7 Å². The first-order valence-electron chi connectivity index (χ1n) is 7.26. The molecule has 2 heterocycles. The molecule has 112 valence electrons. The summed E-state index contributed by atoms with van der Waals surface area (Å²) in [7, 11) is 1.66. The van der Waals surface area contributed by atoms with Crippen molar-refractivity contribution >= 4 is 28.6 Å². The molecule has 0 N–H and O–H groups in total. The lowest BCUT2D eigenvalue weighted by Gasteiger charge is -2.00. The molecule has 5 nitrogen and oxygen atoms in total. The van der Waals surface area contributed by atoms with Gasteiger partial charge in [0.1, 0.15) is 5.75 Å². The van der Waals surface area contributed by atoms with E-state index in [2.05, 4.69) is 15.3 Å². The Morgan fingerprint density at radius 2 is 1.78 bits per heavy atom. The van der Waals surface area contributed by atoms with Crippen molar-refractivity contribution in [3.63, 3.8) is 0 Å². The van der Waals surface area contributed by atoms with E-state index in [4.69, 9.17) is 4.74 Å². The van der Waals surface area contributed by atoms with Gasteiger partial charge >= 0.3 is 0 Å². The topological polar surface area (TPSA) is 52.3 Å². The van der Waals surface area contributed by atoms with Crippen molar-refractivity contribution in [2.24, 2.45) is 0 Å². The van der Waals surface area contributed by atoms with Gasteiger partial charge in [-0.15, -0.1) is 10.2 Å². The van der Waals surface area contributed by atoms with Gasteiger partial charge in [0.25, 0.3) is 0 Å². The minimum absolute atomic E-state index is 0.696. The van der Waals surface area contributed by atoms with E-state index in [1.807, 2.05) is 66.9 Å². The first kappa shape index (κ1) is 13.5. The fraction of sp³-hybridized carbons (Fsp3) is 0.0556. The molecule has 0 saturated carbocycles. The molecule has 0 bridgehead atoms. The van der Waals surface area contributed by atoms with E-state index in [1.165, 1.54) is 0 Å². The highest BCUT2D eigenvalue weighted by Crippen LogP contribution is 2.18. The maximum Gasteiger partial charge on any atom is 0.186 e. The van der Waals surface area contributed by atoms with Crippen LogP contribution >= 0.6 is 0 Å². The van der Waals surface area contributed by atoms with Crippen LogP contribution in [-0.4, -0.2) is 26.9 Å². The maximum absolute atomic E-state index is 5.16. The summed E-state index contributed by atoms with van der Waals surface area (Å²) in [5, 5.41) is 15.0. The average Bonchev–Trinajstić information content (AvgIpc) is 3.04. The molecule has 2 aromatic carbocycles. The number of aromatic nitrogens is 4. The average molecular weight is 302 g/mol. The van der Waals surface area contributed by atoms with Gasteiger partial charge in [-0.3, -0.25) is 0 Å². The molecule has 0 aliphatic heterocycles. The highest BCUT2D eigenvalue weighted by molar-refractivity contribution is 5.93. The van der Waals surface area contributed by atoms with Gasteiger partial charge in [-0.05, 0) is 23.8 Å². The van der Waals surface area contributed by atoms with Crippen molar-refractivity contribution in [3.05, 3.63) is 66.1 Å². The van der Waals surface area contributed by atoms with Crippen molar-refractivity contribution < 1.29 is 4.74 Å². The molecular weight excluding hydrogens is 288 g/mol. The molecule has 0 amide bonds. The monoisotopic (exact) mass is 302 g/mol. The lowest BCUT2D eigenvalue weighted by atomic mass is 10.2. The molecule has 5 heteroatoms. The molecule has 0 aliphatic rings. The van der Waals surface area contributed by atoms with Gasteiger partial charge < -0.3 is 4.74 Å². The van der Waals surface area contributed by atoms with Gasteiger partial charge in [-0.1, -0.05) is 42.5 Å². The predicted octanol–water partition coefficient (Wildman–Crippen LogP) is 3.46. The Labute approximate surface area is 132 Å². The Bertz CT molecular complexity index is 1000. The van der Waals surface area contributed by atoms with Crippen molar-refractivity contribution in [2.45, 2.75) is 0 Å². The fourth-order valence-electron chi connectivity index (χ4n) is 2.50. The van der Waals surface area contributed by atoms with Gasteiger partial charge in [0, 0.05) is 10.8 Å². The number of fused-ring (bicyclic) bond motifs is 3. The molecule has 0 fully saturated rings. The van der Waals surface area contributed by atoms with Crippen molar-refractivity contribution in [2.75, 3.05) is 7.11 Å². The van der Waals surface area contributed by atoms with Gasteiger partial charge in [0.15, 0.2) is 11.5 Å². The Kier molecular flexibility index (Phi) is 3.24. The minimum atomic E-state index is 0.696. The number of rotatable bonds is 3. The summed E-state index contributed by atoms with van der Waals surface area (Å²) < 4.78 is 6.91. The molecule has 0 radical (unpaired) electrons. The zero-order chi connectivity index (χ0) is 15.6. The second-order valence-corrected chi connectivity index (χ2v) is 5.13. The van der Waals surface area contributed by atoms with E-state index in [-0.39, 0.29) is 0 Å². The van der Waals surface area contributed by atoms with Crippen LogP contribution < -0.4 is 4.74 Å². The zero-order valence-electron chi connectivity index (χ0n) is 12.5. The molecule has 4 rings (SSSR count). The first-order valence-corrected chi connectivity index (χ1v) is 7.26. The number of methoxy groups -OCH3 is 1. The SMILES string of the molecule is COc1ccc(/C=C/c2nnc3c4ccccc4cnn23)cc1. The highest BCUT2D eigenvalue weighted by atomic mass is 16.5. The lowest BCUT2D eigenvalue weighted by Crippen LogP contribution is -1.94. The summed E-state index contributed by atoms with van der Waals surface area (Å²) in [4.78, 5) is 0. The second-order valence-electron chi connectivity index (χ2n) is 5.13. The quantitative estimate of drug-likeness (QED) is 0.581.